The van der Waals surface area contributed by atoms with Crippen molar-refractivity contribution in [2.45, 2.75) is 25.8 Å². The van der Waals surface area contributed by atoms with Gasteiger partial charge in [0.05, 0.1) is 11.4 Å². The summed E-state index contributed by atoms with van der Waals surface area (Å²) in [5, 5.41) is 5.81. The second-order valence-corrected chi connectivity index (χ2v) is 7.88. The third kappa shape index (κ3) is 3.84. The Balaban J connectivity index is 1.51. The number of nitrogens with two attached hydrogens (primary N) is 1. The van der Waals surface area contributed by atoms with E-state index in [4.69, 9.17) is 15.6 Å². The molecule has 0 amide bonds. The third-order valence-electron chi connectivity index (χ3n) is 5.90. The van der Waals surface area contributed by atoms with Crippen molar-refractivity contribution in [3.8, 4) is 22.8 Å². The molecule has 1 aliphatic rings. The number of para-hydroxylation sites is 1. The first kappa shape index (κ1) is 19.5. The van der Waals surface area contributed by atoms with Gasteiger partial charge in [0.25, 0.3) is 0 Å². The molecule has 5 rings (SSSR count). The van der Waals surface area contributed by atoms with Crippen molar-refractivity contribution >= 4 is 16.9 Å². The second kappa shape index (κ2) is 8.35. The van der Waals surface area contributed by atoms with Crippen LogP contribution in [0.3, 0.4) is 0 Å². The van der Waals surface area contributed by atoms with E-state index in [2.05, 4.69) is 26.5 Å². The van der Waals surface area contributed by atoms with Crippen LogP contribution in [0.1, 0.15) is 25.8 Å². The molecule has 2 aromatic carbocycles. The fraction of sp³-hybridized carbons (Fsp3) is 0.292. The number of benzene rings is 2. The molecular formula is C24H26N6O. The number of rotatable bonds is 5. The maximum absolute atomic E-state index is 6.28. The van der Waals surface area contributed by atoms with Crippen molar-refractivity contribution < 1.29 is 4.74 Å². The number of ether oxygens (including phenoxy) is 1. The minimum Gasteiger partial charge on any atom is -0.457 e. The fourth-order valence-corrected chi connectivity index (χ4v) is 4.28. The van der Waals surface area contributed by atoms with Crippen molar-refractivity contribution in [1.82, 2.24) is 24.6 Å². The van der Waals surface area contributed by atoms with Crippen LogP contribution in [-0.4, -0.2) is 44.3 Å². The highest BCUT2D eigenvalue weighted by Gasteiger charge is 2.26. The van der Waals surface area contributed by atoms with E-state index < -0.39 is 0 Å². The van der Waals surface area contributed by atoms with Crippen molar-refractivity contribution in [1.29, 1.82) is 0 Å². The van der Waals surface area contributed by atoms with Gasteiger partial charge in [-0.25, -0.2) is 14.6 Å². The molecule has 7 nitrogen and oxygen atoms in total. The normalized spacial score (nSPS) is 17.1. The van der Waals surface area contributed by atoms with Gasteiger partial charge < -0.3 is 15.4 Å². The maximum atomic E-state index is 6.28. The van der Waals surface area contributed by atoms with Gasteiger partial charge in [-0.15, -0.1) is 0 Å². The Kier molecular flexibility index (Phi) is 5.26. The van der Waals surface area contributed by atoms with E-state index in [9.17, 15) is 0 Å². The number of nitrogen functional groups attached to an aromatic ring is 1. The van der Waals surface area contributed by atoms with Crippen molar-refractivity contribution in [3.05, 3.63) is 60.9 Å². The summed E-state index contributed by atoms with van der Waals surface area (Å²) in [6, 6.07) is 17.9. The molecule has 31 heavy (non-hydrogen) atoms. The third-order valence-corrected chi connectivity index (χ3v) is 5.90. The van der Waals surface area contributed by atoms with Crippen LogP contribution in [0.25, 0.3) is 22.3 Å². The summed E-state index contributed by atoms with van der Waals surface area (Å²) >= 11 is 0. The van der Waals surface area contributed by atoms with Gasteiger partial charge >= 0.3 is 0 Å². The molecule has 0 unspecified atom stereocenters. The number of likely N-dealkylation sites (N-methyl/N-ethyl adjacent to an activating group) is 1. The zero-order chi connectivity index (χ0) is 21.2. The molecule has 4 aromatic rings. The average Bonchev–Trinajstić information content (AvgIpc) is 3.21. The quantitative estimate of drug-likeness (QED) is 0.517. The van der Waals surface area contributed by atoms with Crippen LogP contribution >= 0.6 is 0 Å². The lowest BCUT2D eigenvalue weighted by molar-refractivity contribution is 0.180. The van der Waals surface area contributed by atoms with Crippen molar-refractivity contribution in [2.75, 3.05) is 25.4 Å². The largest absolute Gasteiger partial charge is 0.457 e. The summed E-state index contributed by atoms with van der Waals surface area (Å²) in [6.07, 6.45) is 3.76. The molecule has 0 radical (unpaired) electrons. The Morgan fingerprint density at radius 3 is 2.58 bits per heavy atom. The van der Waals surface area contributed by atoms with Gasteiger partial charge in [0.1, 0.15) is 29.3 Å². The SMILES string of the molecule is CCN1CCC[C@H](n2nc(-c3ccc(Oc4ccccc4)cc3)c3c(N)ncnc32)C1. The Morgan fingerprint density at radius 1 is 1.03 bits per heavy atom. The van der Waals surface area contributed by atoms with Gasteiger partial charge in [-0.05, 0) is 62.3 Å². The van der Waals surface area contributed by atoms with Crippen LogP contribution in [-0.2, 0) is 0 Å². The number of nitrogens with zero attached hydrogens (tertiary/aromatic N) is 5. The molecule has 1 aliphatic heterocycles. The molecule has 2 aromatic heterocycles. The standard InChI is InChI=1S/C24H26N6O/c1-2-29-14-6-7-18(15-29)30-24-21(23(25)26-16-27-24)22(28-30)17-10-12-20(13-11-17)31-19-8-4-3-5-9-19/h3-5,8-13,16,18H,2,6-7,14-15H2,1H3,(H2,25,26,27)/t18-/m0/s1. The summed E-state index contributed by atoms with van der Waals surface area (Å²) in [5.74, 6) is 2.04. The fourth-order valence-electron chi connectivity index (χ4n) is 4.28. The molecule has 0 saturated carbocycles. The highest BCUT2D eigenvalue weighted by atomic mass is 16.5. The molecule has 1 atom stereocenters. The predicted molar refractivity (Wildman–Crippen MR) is 122 cm³/mol. The Hall–Kier alpha value is -3.45. The van der Waals surface area contributed by atoms with E-state index in [0.29, 0.717) is 5.82 Å². The van der Waals surface area contributed by atoms with Crippen molar-refractivity contribution in [2.24, 2.45) is 0 Å². The number of hydrogen-bond donors (Lipinski definition) is 1. The van der Waals surface area contributed by atoms with Crippen molar-refractivity contribution in [3.63, 3.8) is 0 Å². The lowest BCUT2D eigenvalue weighted by atomic mass is 10.1. The monoisotopic (exact) mass is 414 g/mol. The number of piperidine rings is 1. The molecule has 2 N–H and O–H groups in total. The summed E-state index contributed by atoms with van der Waals surface area (Å²) in [6.45, 7) is 5.36. The first-order chi connectivity index (χ1) is 15.2. The van der Waals surface area contributed by atoms with E-state index in [-0.39, 0.29) is 6.04 Å². The van der Waals surface area contributed by atoms with Gasteiger partial charge in [-0.3, -0.25) is 0 Å². The minimum absolute atomic E-state index is 0.278. The average molecular weight is 415 g/mol. The summed E-state index contributed by atoms with van der Waals surface area (Å²) in [4.78, 5) is 11.2. The molecule has 0 spiro atoms. The Morgan fingerprint density at radius 2 is 1.81 bits per heavy atom. The lowest BCUT2D eigenvalue weighted by Crippen LogP contribution is -2.36. The highest BCUT2D eigenvalue weighted by molar-refractivity contribution is 5.98. The number of aromatic nitrogens is 4. The summed E-state index contributed by atoms with van der Waals surface area (Å²) < 4.78 is 7.98. The zero-order valence-electron chi connectivity index (χ0n) is 17.6. The first-order valence-electron chi connectivity index (χ1n) is 10.8. The van der Waals surface area contributed by atoms with Gasteiger partial charge in [0, 0.05) is 12.1 Å². The van der Waals surface area contributed by atoms with Gasteiger partial charge in [0.15, 0.2) is 5.65 Å². The molecule has 0 bridgehead atoms. The molecule has 0 aliphatic carbocycles. The lowest BCUT2D eigenvalue weighted by Gasteiger charge is -2.31. The topological polar surface area (TPSA) is 82.1 Å². The number of hydrogen-bond acceptors (Lipinski definition) is 6. The Labute approximate surface area is 181 Å². The van der Waals surface area contributed by atoms with Gasteiger partial charge in [-0.2, -0.15) is 5.10 Å². The molecule has 158 valence electrons. The number of fused-ring (bicyclic) bond motifs is 1. The first-order valence-corrected chi connectivity index (χ1v) is 10.8. The molecule has 1 saturated heterocycles. The van der Waals surface area contributed by atoms with E-state index >= 15 is 0 Å². The second-order valence-electron chi connectivity index (χ2n) is 7.88. The van der Waals surface area contributed by atoms with Crippen LogP contribution in [0.4, 0.5) is 5.82 Å². The van der Waals surface area contributed by atoms with E-state index in [0.717, 1.165) is 66.3 Å². The Bertz CT molecular complexity index is 1170. The van der Waals surface area contributed by atoms with Gasteiger partial charge in [-0.1, -0.05) is 25.1 Å². The smallest absolute Gasteiger partial charge is 0.164 e. The summed E-state index contributed by atoms with van der Waals surface area (Å²) in [5.41, 5.74) is 8.86. The van der Waals surface area contributed by atoms with E-state index in [1.165, 1.54) is 6.33 Å². The molecule has 7 heteroatoms. The predicted octanol–water partition coefficient (Wildman–Crippen LogP) is 4.52. The van der Waals surface area contributed by atoms with Crippen LogP contribution in [0.5, 0.6) is 11.5 Å². The minimum atomic E-state index is 0.278. The molecular weight excluding hydrogens is 388 g/mol. The molecule has 1 fully saturated rings. The van der Waals surface area contributed by atoms with E-state index in [1.54, 1.807) is 0 Å². The van der Waals surface area contributed by atoms with Crippen LogP contribution < -0.4 is 10.5 Å². The van der Waals surface area contributed by atoms with Crippen LogP contribution in [0.15, 0.2) is 60.9 Å². The van der Waals surface area contributed by atoms with Crippen LogP contribution in [0, 0.1) is 0 Å². The summed E-state index contributed by atoms with van der Waals surface area (Å²) in [7, 11) is 0. The van der Waals surface area contributed by atoms with Gasteiger partial charge in [0.2, 0.25) is 0 Å². The van der Waals surface area contributed by atoms with Crippen LogP contribution in [0.2, 0.25) is 0 Å². The van der Waals surface area contributed by atoms with E-state index in [1.807, 2.05) is 54.6 Å². The maximum Gasteiger partial charge on any atom is 0.164 e. The number of likely N-dealkylation sites (tertiary alicyclic amines) is 1. The molecule has 3 heterocycles. The highest BCUT2D eigenvalue weighted by Crippen LogP contribution is 2.34. The zero-order valence-corrected chi connectivity index (χ0v) is 17.6. The number of anilines is 1.